The van der Waals surface area contributed by atoms with Crippen molar-refractivity contribution >= 4 is 11.8 Å². The molecule has 0 amide bonds. The third kappa shape index (κ3) is 3.20. The van der Waals surface area contributed by atoms with E-state index in [1.807, 2.05) is 6.07 Å². The molecule has 0 aliphatic carbocycles. The molecule has 0 radical (unpaired) electrons. The van der Waals surface area contributed by atoms with Crippen LogP contribution in [0, 0.1) is 0 Å². The summed E-state index contributed by atoms with van der Waals surface area (Å²) in [5.41, 5.74) is 1.46. The van der Waals surface area contributed by atoms with Crippen LogP contribution in [0.3, 0.4) is 0 Å². The summed E-state index contributed by atoms with van der Waals surface area (Å²) < 4.78 is 5.02. The molecule has 1 unspecified atom stereocenters. The summed E-state index contributed by atoms with van der Waals surface area (Å²) in [4.78, 5) is 21.9. The van der Waals surface area contributed by atoms with E-state index >= 15 is 0 Å². The van der Waals surface area contributed by atoms with Crippen molar-refractivity contribution in [2.75, 3.05) is 0 Å². The van der Waals surface area contributed by atoms with Gasteiger partial charge in [-0.2, -0.15) is 0 Å². The first-order chi connectivity index (χ1) is 7.00. The molecule has 1 rings (SSSR count). The van der Waals surface area contributed by atoms with Gasteiger partial charge in [0.2, 0.25) is 0 Å². The molecule has 0 N–H and O–H groups in total. The summed E-state index contributed by atoms with van der Waals surface area (Å²) in [6.45, 7) is 4.65. The van der Waals surface area contributed by atoms with Gasteiger partial charge < -0.3 is 4.74 Å². The second kappa shape index (κ2) is 4.73. The summed E-state index contributed by atoms with van der Waals surface area (Å²) in [5.74, 6) is -0.317. The van der Waals surface area contributed by atoms with Crippen molar-refractivity contribution in [1.82, 2.24) is 0 Å². The van der Waals surface area contributed by atoms with Crippen LogP contribution in [0.15, 0.2) is 24.3 Å². The van der Waals surface area contributed by atoms with Crippen LogP contribution < -0.4 is 0 Å². The molecule has 0 bridgehead atoms. The average Bonchev–Trinajstić information content (AvgIpc) is 2.17. The van der Waals surface area contributed by atoms with E-state index in [4.69, 9.17) is 4.74 Å². The zero-order valence-electron chi connectivity index (χ0n) is 9.11. The van der Waals surface area contributed by atoms with Gasteiger partial charge in [0.1, 0.15) is 6.10 Å². The van der Waals surface area contributed by atoms with Gasteiger partial charge in [-0.1, -0.05) is 18.2 Å². The SMILES string of the molecule is CC(=O)OC(C)c1cccc(C(C)=O)c1. The van der Waals surface area contributed by atoms with Crippen molar-refractivity contribution in [3.05, 3.63) is 35.4 Å². The van der Waals surface area contributed by atoms with Crippen molar-refractivity contribution < 1.29 is 14.3 Å². The van der Waals surface area contributed by atoms with Gasteiger partial charge in [0.25, 0.3) is 0 Å². The lowest BCUT2D eigenvalue weighted by Gasteiger charge is -2.12. The molecule has 15 heavy (non-hydrogen) atoms. The van der Waals surface area contributed by atoms with Gasteiger partial charge in [-0.3, -0.25) is 9.59 Å². The monoisotopic (exact) mass is 206 g/mol. The fourth-order valence-electron chi connectivity index (χ4n) is 1.33. The van der Waals surface area contributed by atoms with Gasteiger partial charge in [-0.25, -0.2) is 0 Å². The summed E-state index contributed by atoms with van der Waals surface area (Å²) in [7, 11) is 0. The van der Waals surface area contributed by atoms with Gasteiger partial charge in [-0.15, -0.1) is 0 Å². The van der Waals surface area contributed by atoms with Crippen molar-refractivity contribution in [2.24, 2.45) is 0 Å². The highest BCUT2D eigenvalue weighted by atomic mass is 16.5. The van der Waals surface area contributed by atoms with E-state index in [9.17, 15) is 9.59 Å². The van der Waals surface area contributed by atoms with E-state index in [2.05, 4.69) is 0 Å². The van der Waals surface area contributed by atoms with Crippen LogP contribution in [0.4, 0.5) is 0 Å². The fourth-order valence-corrected chi connectivity index (χ4v) is 1.33. The molecular formula is C12H14O3. The summed E-state index contributed by atoms with van der Waals surface area (Å²) in [5, 5.41) is 0. The molecule has 0 spiro atoms. The Morgan fingerprint density at radius 3 is 2.47 bits per heavy atom. The van der Waals surface area contributed by atoms with Gasteiger partial charge in [0, 0.05) is 12.5 Å². The van der Waals surface area contributed by atoms with Gasteiger partial charge in [0.15, 0.2) is 5.78 Å². The first-order valence-electron chi connectivity index (χ1n) is 4.79. The van der Waals surface area contributed by atoms with Crippen LogP contribution in [0.1, 0.15) is 42.8 Å². The summed E-state index contributed by atoms with van der Waals surface area (Å²) in [6, 6.07) is 7.11. The molecule has 0 fully saturated rings. The molecule has 0 aromatic heterocycles. The lowest BCUT2D eigenvalue weighted by Crippen LogP contribution is -2.05. The first-order valence-corrected chi connectivity index (χ1v) is 4.79. The third-order valence-corrected chi connectivity index (χ3v) is 2.11. The molecule has 0 aliphatic rings. The second-order valence-corrected chi connectivity index (χ2v) is 3.43. The number of hydrogen-bond acceptors (Lipinski definition) is 3. The van der Waals surface area contributed by atoms with E-state index in [1.165, 1.54) is 13.8 Å². The Balaban J connectivity index is 2.89. The van der Waals surface area contributed by atoms with E-state index in [1.54, 1.807) is 25.1 Å². The van der Waals surface area contributed by atoms with Crippen molar-refractivity contribution in [3.8, 4) is 0 Å². The Morgan fingerprint density at radius 2 is 1.93 bits per heavy atom. The summed E-state index contributed by atoms with van der Waals surface area (Å²) >= 11 is 0. The molecule has 1 aromatic rings. The van der Waals surface area contributed by atoms with E-state index < -0.39 is 0 Å². The van der Waals surface area contributed by atoms with E-state index in [0.717, 1.165) is 5.56 Å². The summed E-state index contributed by atoms with van der Waals surface area (Å²) in [6.07, 6.45) is -0.318. The van der Waals surface area contributed by atoms with Gasteiger partial charge in [-0.05, 0) is 25.5 Å². The molecular weight excluding hydrogens is 192 g/mol. The predicted octanol–water partition coefficient (Wildman–Crippen LogP) is 2.51. The Bertz CT molecular complexity index is 382. The van der Waals surface area contributed by atoms with Crippen LogP contribution in [-0.4, -0.2) is 11.8 Å². The van der Waals surface area contributed by atoms with Crippen LogP contribution in [0.5, 0.6) is 0 Å². The number of esters is 1. The molecule has 0 saturated heterocycles. The zero-order chi connectivity index (χ0) is 11.4. The highest BCUT2D eigenvalue weighted by Gasteiger charge is 2.09. The topological polar surface area (TPSA) is 43.4 Å². The standard InChI is InChI=1S/C12H14O3/c1-8(13)11-5-4-6-12(7-11)9(2)15-10(3)14/h4-7,9H,1-3H3. The Morgan fingerprint density at radius 1 is 1.27 bits per heavy atom. The number of benzene rings is 1. The molecule has 0 aliphatic heterocycles. The minimum Gasteiger partial charge on any atom is -0.458 e. The maximum Gasteiger partial charge on any atom is 0.303 e. The van der Waals surface area contributed by atoms with E-state index in [0.29, 0.717) is 5.56 Å². The quantitative estimate of drug-likeness (QED) is 0.563. The molecule has 1 atom stereocenters. The number of carbonyl (C=O) groups excluding carboxylic acids is 2. The second-order valence-electron chi connectivity index (χ2n) is 3.43. The van der Waals surface area contributed by atoms with Crippen molar-refractivity contribution in [3.63, 3.8) is 0 Å². The lowest BCUT2D eigenvalue weighted by molar-refractivity contribution is -0.145. The molecule has 1 aromatic carbocycles. The Labute approximate surface area is 89.1 Å². The normalized spacial score (nSPS) is 11.9. The Kier molecular flexibility index (Phi) is 3.61. The third-order valence-electron chi connectivity index (χ3n) is 2.11. The number of ether oxygens (including phenoxy) is 1. The maximum atomic E-state index is 11.1. The fraction of sp³-hybridized carbons (Fsp3) is 0.333. The lowest BCUT2D eigenvalue weighted by atomic mass is 10.1. The predicted molar refractivity (Wildman–Crippen MR) is 56.6 cm³/mol. The highest BCUT2D eigenvalue weighted by Crippen LogP contribution is 2.18. The van der Waals surface area contributed by atoms with Gasteiger partial charge in [0.05, 0.1) is 0 Å². The zero-order valence-corrected chi connectivity index (χ0v) is 9.11. The van der Waals surface area contributed by atoms with Crippen LogP contribution in [-0.2, 0) is 9.53 Å². The molecule has 0 saturated carbocycles. The van der Waals surface area contributed by atoms with Crippen LogP contribution in [0.2, 0.25) is 0 Å². The highest BCUT2D eigenvalue weighted by molar-refractivity contribution is 5.94. The largest absolute Gasteiger partial charge is 0.458 e. The molecule has 3 heteroatoms. The minimum absolute atomic E-state index is 0.00637. The number of ketones is 1. The van der Waals surface area contributed by atoms with Crippen molar-refractivity contribution in [1.29, 1.82) is 0 Å². The number of carbonyl (C=O) groups is 2. The van der Waals surface area contributed by atoms with Crippen molar-refractivity contribution in [2.45, 2.75) is 26.9 Å². The number of hydrogen-bond donors (Lipinski definition) is 0. The van der Waals surface area contributed by atoms with Crippen LogP contribution in [0.25, 0.3) is 0 Å². The Hall–Kier alpha value is -1.64. The van der Waals surface area contributed by atoms with Gasteiger partial charge >= 0.3 is 5.97 Å². The van der Waals surface area contributed by atoms with E-state index in [-0.39, 0.29) is 17.9 Å². The minimum atomic E-state index is -0.323. The molecule has 0 heterocycles. The molecule has 80 valence electrons. The molecule has 3 nitrogen and oxygen atoms in total. The smallest absolute Gasteiger partial charge is 0.303 e. The number of Topliss-reactive ketones (excluding diaryl/α,β-unsaturated/α-hetero) is 1. The maximum absolute atomic E-state index is 11.1. The average molecular weight is 206 g/mol. The number of rotatable bonds is 3. The van der Waals surface area contributed by atoms with Crippen LogP contribution >= 0.6 is 0 Å². The first kappa shape index (κ1) is 11.4.